The van der Waals surface area contributed by atoms with Crippen molar-refractivity contribution in [3.8, 4) is 11.3 Å². The molecule has 0 saturated heterocycles. The predicted octanol–water partition coefficient (Wildman–Crippen LogP) is 1.53. The van der Waals surface area contributed by atoms with Gasteiger partial charge in [-0.25, -0.2) is 9.97 Å². The Morgan fingerprint density at radius 2 is 2.04 bits per heavy atom. The quantitative estimate of drug-likeness (QED) is 0.561. The molecule has 0 spiro atoms. The van der Waals surface area contributed by atoms with Crippen LogP contribution < -0.4 is 10.8 Å². The number of benzene rings is 1. The Labute approximate surface area is 134 Å². The van der Waals surface area contributed by atoms with Gasteiger partial charge in [0.2, 0.25) is 0 Å². The van der Waals surface area contributed by atoms with Crippen LogP contribution >= 0.6 is 0 Å². The summed E-state index contributed by atoms with van der Waals surface area (Å²) in [5.41, 5.74) is 4.04. The lowest BCUT2D eigenvalue weighted by atomic mass is 10.0. The Morgan fingerprint density at radius 1 is 1.17 bits per heavy atom. The third-order valence-corrected chi connectivity index (χ3v) is 3.58. The lowest BCUT2D eigenvalue weighted by Crippen LogP contribution is -2.09. The van der Waals surface area contributed by atoms with Crippen LogP contribution in [0.15, 0.2) is 55.1 Å². The Hall–Kier alpha value is -3.09. The van der Waals surface area contributed by atoms with Crippen molar-refractivity contribution in [2.24, 2.45) is 0 Å². The fourth-order valence-corrected chi connectivity index (χ4v) is 2.43. The second-order valence-electron chi connectivity index (χ2n) is 5.16. The summed E-state index contributed by atoms with van der Waals surface area (Å²) in [6.07, 6.45) is 5.04. The van der Waals surface area contributed by atoms with E-state index >= 15 is 0 Å². The Kier molecular flexibility index (Phi) is 3.31. The maximum absolute atomic E-state index is 5.99. The van der Waals surface area contributed by atoms with Gasteiger partial charge in [0.25, 0.3) is 0 Å². The maximum atomic E-state index is 5.99. The van der Waals surface area contributed by atoms with Crippen molar-refractivity contribution in [3.05, 3.63) is 60.8 Å². The number of nitrogens with one attached hydrogen (secondary N) is 2. The van der Waals surface area contributed by atoms with Gasteiger partial charge in [0, 0.05) is 24.0 Å². The molecule has 4 rings (SSSR count). The zero-order valence-electron chi connectivity index (χ0n) is 12.3. The maximum Gasteiger partial charge on any atom is 0.150 e. The minimum absolute atomic E-state index is 0.548. The number of aromatic amines is 1. The minimum Gasteiger partial charge on any atom is -0.364 e. The molecule has 6 nitrogen and oxygen atoms in total. The van der Waals surface area contributed by atoms with E-state index in [-0.39, 0.29) is 0 Å². The summed E-state index contributed by atoms with van der Waals surface area (Å²) in [4.78, 5) is 11.7. The van der Waals surface area contributed by atoms with E-state index < -0.39 is 0 Å². The molecule has 0 aliphatic heterocycles. The fraction of sp³-hybridized carbons (Fsp3) is 0.0625. The lowest BCUT2D eigenvalue weighted by Gasteiger charge is -2.10. The molecule has 110 valence electrons. The molecule has 0 saturated carbocycles. The fourth-order valence-electron chi connectivity index (χ4n) is 2.43. The third-order valence-electron chi connectivity index (χ3n) is 3.58. The van der Waals surface area contributed by atoms with E-state index in [9.17, 15) is 0 Å². The second kappa shape index (κ2) is 5.60. The first-order chi connectivity index (χ1) is 11.3. The van der Waals surface area contributed by atoms with Crippen LogP contribution in [0.5, 0.6) is 0 Å². The van der Waals surface area contributed by atoms with Crippen LogP contribution in [-0.4, -0.2) is 32.4 Å². The van der Waals surface area contributed by atoms with Gasteiger partial charge < -0.3 is 10.3 Å². The summed E-state index contributed by atoms with van der Waals surface area (Å²) in [5, 5.41) is 7.64. The van der Waals surface area contributed by atoms with E-state index in [0.717, 1.165) is 22.8 Å². The topological polar surface area (TPSA) is 70.9 Å². The zero-order valence-corrected chi connectivity index (χ0v) is 12.3. The molecular weight excluding hydrogens is 287 g/mol. The number of hydrogen-bond donors (Lipinski definition) is 2. The van der Waals surface area contributed by atoms with Gasteiger partial charge in [0.1, 0.15) is 13.7 Å². The normalized spacial score (nSPS) is 11.0. The van der Waals surface area contributed by atoms with Gasteiger partial charge in [0.15, 0.2) is 5.65 Å². The highest BCUT2D eigenvalue weighted by atomic mass is 15.3. The molecule has 0 aliphatic rings. The summed E-state index contributed by atoms with van der Waals surface area (Å²) in [5.74, 6) is 0.820. The van der Waals surface area contributed by atoms with Crippen LogP contribution in [0, 0.1) is 0 Å². The number of fused-ring (bicyclic) bond motifs is 1. The molecule has 23 heavy (non-hydrogen) atoms. The van der Waals surface area contributed by atoms with E-state index in [2.05, 4.69) is 25.4 Å². The molecular formula is C16H13BN6. The number of nitrogens with zero attached hydrogens (tertiary/aromatic N) is 4. The van der Waals surface area contributed by atoms with Gasteiger partial charge in [0.05, 0.1) is 24.3 Å². The van der Waals surface area contributed by atoms with Crippen LogP contribution in [-0.2, 0) is 6.54 Å². The zero-order chi connectivity index (χ0) is 15.6. The van der Waals surface area contributed by atoms with E-state index in [1.807, 2.05) is 36.4 Å². The molecule has 0 unspecified atom stereocenters. The largest absolute Gasteiger partial charge is 0.364 e. The molecule has 7 heteroatoms. The Bertz CT molecular complexity index is 930. The number of imidazole rings is 1. The predicted molar refractivity (Wildman–Crippen MR) is 89.7 cm³/mol. The van der Waals surface area contributed by atoms with Gasteiger partial charge in [-0.2, -0.15) is 9.61 Å². The number of H-pyrrole nitrogens is 1. The highest BCUT2D eigenvalue weighted by molar-refractivity contribution is 6.36. The van der Waals surface area contributed by atoms with Gasteiger partial charge in [-0.15, -0.1) is 0 Å². The van der Waals surface area contributed by atoms with E-state index in [1.165, 1.54) is 0 Å². The summed E-state index contributed by atoms with van der Waals surface area (Å²) < 4.78 is 1.71. The van der Waals surface area contributed by atoms with Crippen LogP contribution in [0.1, 0.15) is 5.69 Å². The molecule has 2 radical (unpaired) electrons. The van der Waals surface area contributed by atoms with Crippen molar-refractivity contribution in [2.75, 3.05) is 5.32 Å². The smallest absolute Gasteiger partial charge is 0.150 e. The number of hydrogen-bond acceptors (Lipinski definition) is 4. The molecule has 0 atom stereocenters. The van der Waals surface area contributed by atoms with Gasteiger partial charge in [-0.1, -0.05) is 30.3 Å². The second-order valence-corrected chi connectivity index (χ2v) is 5.16. The SMILES string of the molecule is [B]c1cnn2c(NCc3cnc[nH]3)cc(-c3ccccc3)nc12. The van der Waals surface area contributed by atoms with Crippen LogP contribution in [0.2, 0.25) is 0 Å². The minimum atomic E-state index is 0.548. The molecule has 0 bridgehead atoms. The molecule has 4 aromatic rings. The van der Waals surface area contributed by atoms with Crippen molar-refractivity contribution < 1.29 is 0 Å². The van der Waals surface area contributed by atoms with Crippen LogP contribution in [0.4, 0.5) is 5.82 Å². The van der Waals surface area contributed by atoms with E-state index in [0.29, 0.717) is 17.7 Å². The van der Waals surface area contributed by atoms with Crippen molar-refractivity contribution in [1.29, 1.82) is 0 Å². The molecule has 0 aliphatic carbocycles. The summed E-state index contributed by atoms with van der Waals surface area (Å²) >= 11 is 0. The van der Waals surface area contributed by atoms with E-state index in [4.69, 9.17) is 7.85 Å². The highest BCUT2D eigenvalue weighted by Crippen LogP contribution is 2.21. The lowest BCUT2D eigenvalue weighted by molar-refractivity contribution is 0.921. The number of anilines is 1. The number of rotatable bonds is 4. The van der Waals surface area contributed by atoms with Crippen molar-refractivity contribution in [1.82, 2.24) is 24.6 Å². The first kappa shape index (κ1) is 13.6. The van der Waals surface area contributed by atoms with Crippen molar-refractivity contribution in [2.45, 2.75) is 6.54 Å². The van der Waals surface area contributed by atoms with Gasteiger partial charge >= 0.3 is 0 Å². The Morgan fingerprint density at radius 3 is 2.83 bits per heavy atom. The molecule has 3 heterocycles. The van der Waals surface area contributed by atoms with Crippen LogP contribution in [0.3, 0.4) is 0 Å². The first-order valence-electron chi connectivity index (χ1n) is 7.22. The van der Waals surface area contributed by atoms with Crippen molar-refractivity contribution >= 4 is 24.8 Å². The van der Waals surface area contributed by atoms with Gasteiger partial charge in [-0.3, -0.25) is 0 Å². The molecule has 3 aromatic heterocycles. The monoisotopic (exact) mass is 300 g/mol. The summed E-state index contributed by atoms with van der Waals surface area (Å²) in [6, 6.07) is 11.9. The van der Waals surface area contributed by atoms with Crippen LogP contribution in [0.25, 0.3) is 16.9 Å². The van der Waals surface area contributed by atoms with Gasteiger partial charge in [-0.05, 0) is 5.46 Å². The summed E-state index contributed by atoms with van der Waals surface area (Å²) in [7, 11) is 5.99. The van der Waals surface area contributed by atoms with Crippen molar-refractivity contribution in [3.63, 3.8) is 0 Å². The molecule has 0 fully saturated rings. The standard InChI is InChI=1S/C16H13BN6/c17-13-9-21-23-15(19-8-12-7-18-10-20-12)6-14(22-16(13)23)11-4-2-1-3-5-11/h1-7,9-10,19H,8H2,(H,18,20). The summed E-state index contributed by atoms with van der Waals surface area (Å²) in [6.45, 7) is 0.604. The number of aromatic nitrogens is 5. The third kappa shape index (κ3) is 2.57. The molecule has 1 aromatic carbocycles. The average molecular weight is 300 g/mol. The van der Waals surface area contributed by atoms with E-state index in [1.54, 1.807) is 23.2 Å². The highest BCUT2D eigenvalue weighted by Gasteiger charge is 2.10. The molecule has 0 amide bonds. The Balaban J connectivity index is 1.78. The molecule has 2 N–H and O–H groups in total. The first-order valence-corrected chi connectivity index (χ1v) is 7.22. The average Bonchev–Trinajstić information content (AvgIpc) is 3.24.